The number of carboxylic acid groups (broad SMARTS) is 1. The summed E-state index contributed by atoms with van der Waals surface area (Å²) in [5.41, 5.74) is 6.01. The summed E-state index contributed by atoms with van der Waals surface area (Å²) in [5, 5.41) is 14.4. The molecule has 1 aromatic carbocycles. The predicted octanol–water partition coefficient (Wildman–Crippen LogP) is 5.13. The number of aromatic carboxylic acids is 1. The van der Waals surface area contributed by atoms with Gasteiger partial charge in [-0.25, -0.2) is 14.8 Å². The molecule has 0 aliphatic carbocycles. The van der Waals surface area contributed by atoms with Gasteiger partial charge in [-0.2, -0.15) is 0 Å². The molecule has 0 atom stereocenters. The third kappa shape index (κ3) is 3.79. The van der Waals surface area contributed by atoms with E-state index in [4.69, 9.17) is 14.2 Å². The van der Waals surface area contributed by atoms with Crippen molar-refractivity contribution in [2.45, 2.75) is 20.4 Å². The van der Waals surface area contributed by atoms with Crippen molar-refractivity contribution in [2.75, 3.05) is 7.11 Å². The molecule has 8 nitrogen and oxygen atoms in total. The number of hydrogen-bond acceptors (Lipinski definition) is 6. The van der Waals surface area contributed by atoms with E-state index in [0.29, 0.717) is 12.3 Å². The molecule has 0 unspecified atom stereocenters. The zero-order valence-corrected chi connectivity index (χ0v) is 18.9. The van der Waals surface area contributed by atoms with Crippen LogP contribution in [0.15, 0.2) is 65.6 Å². The quantitative estimate of drug-likeness (QED) is 0.379. The van der Waals surface area contributed by atoms with E-state index in [1.165, 1.54) is 6.20 Å². The third-order valence-electron chi connectivity index (χ3n) is 5.81. The SMILES string of the molecule is COc1cccc(Cn2cc(-c3ccnc(C(=O)O)c3)c3cc(-c4c(C)noc4C)cnc32)c1. The average molecular weight is 454 g/mol. The molecule has 34 heavy (non-hydrogen) atoms. The van der Waals surface area contributed by atoms with Crippen molar-refractivity contribution in [3.8, 4) is 28.0 Å². The number of carboxylic acids is 1. The van der Waals surface area contributed by atoms with Crippen LogP contribution >= 0.6 is 0 Å². The fraction of sp³-hybridized carbons (Fsp3) is 0.154. The number of benzene rings is 1. The first-order valence-corrected chi connectivity index (χ1v) is 10.7. The Balaban J connectivity index is 1.70. The van der Waals surface area contributed by atoms with Crippen molar-refractivity contribution in [1.29, 1.82) is 0 Å². The van der Waals surface area contributed by atoms with Crippen LogP contribution in [-0.2, 0) is 6.54 Å². The normalized spacial score (nSPS) is 11.1. The minimum Gasteiger partial charge on any atom is -0.497 e. The van der Waals surface area contributed by atoms with Crippen LogP contribution in [0.25, 0.3) is 33.3 Å². The van der Waals surface area contributed by atoms with Crippen LogP contribution in [0.4, 0.5) is 0 Å². The molecule has 0 amide bonds. The Labute approximate surface area is 195 Å². The molecular weight excluding hydrogens is 432 g/mol. The Bertz CT molecular complexity index is 1510. The predicted molar refractivity (Wildman–Crippen MR) is 127 cm³/mol. The summed E-state index contributed by atoms with van der Waals surface area (Å²) in [6.07, 6.45) is 5.32. The monoisotopic (exact) mass is 454 g/mol. The number of methoxy groups -OCH3 is 1. The average Bonchev–Trinajstić information content (AvgIpc) is 3.38. The van der Waals surface area contributed by atoms with Gasteiger partial charge in [-0.15, -0.1) is 0 Å². The van der Waals surface area contributed by atoms with E-state index in [0.717, 1.165) is 50.3 Å². The molecule has 170 valence electrons. The van der Waals surface area contributed by atoms with Crippen LogP contribution in [-0.4, -0.2) is 37.9 Å². The molecule has 1 N–H and O–H groups in total. The number of rotatable bonds is 6. The highest BCUT2D eigenvalue weighted by atomic mass is 16.5. The lowest BCUT2D eigenvalue weighted by Gasteiger charge is -2.07. The molecule has 0 fully saturated rings. The lowest BCUT2D eigenvalue weighted by Crippen LogP contribution is -2.00. The molecule has 4 aromatic heterocycles. The lowest BCUT2D eigenvalue weighted by atomic mass is 10.0. The van der Waals surface area contributed by atoms with Gasteiger partial charge in [0.05, 0.1) is 12.8 Å². The van der Waals surface area contributed by atoms with E-state index in [-0.39, 0.29) is 5.69 Å². The number of aryl methyl sites for hydroxylation is 2. The van der Waals surface area contributed by atoms with Gasteiger partial charge in [0, 0.05) is 47.2 Å². The summed E-state index contributed by atoms with van der Waals surface area (Å²) in [6.45, 7) is 4.34. The maximum absolute atomic E-state index is 11.5. The molecule has 0 aliphatic heterocycles. The molecular formula is C26H22N4O4. The number of carbonyl (C=O) groups is 1. The van der Waals surface area contributed by atoms with E-state index < -0.39 is 5.97 Å². The van der Waals surface area contributed by atoms with Gasteiger partial charge in [0.25, 0.3) is 0 Å². The smallest absolute Gasteiger partial charge is 0.354 e. The number of nitrogens with zero attached hydrogens (tertiary/aromatic N) is 4. The summed E-state index contributed by atoms with van der Waals surface area (Å²) >= 11 is 0. The number of hydrogen-bond donors (Lipinski definition) is 1. The second kappa shape index (κ2) is 8.47. The molecule has 0 saturated carbocycles. The Morgan fingerprint density at radius 3 is 2.71 bits per heavy atom. The Morgan fingerprint density at radius 2 is 1.97 bits per heavy atom. The molecule has 0 bridgehead atoms. The summed E-state index contributed by atoms with van der Waals surface area (Å²) in [6, 6.07) is 13.3. The van der Waals surface area contributed by atoms with Gasteiger partial charge in [-0.05, 0) is 55.3 Å². The fourth-order valence-electron chi connectivity index (χ4n) is 4.24. The van der Waals surface area contributed by atoms with Crippen molar-refractivity contribution in [2.24, 2.45) is 0 Å². The van der Waals surface area contributed by atoms with Gasteiger partial charge < -0.3 is 18.9 Å². The number of aromatic nitrogens is 4. The van der Waals surface area contributed by atoms with Gasteiger partial charge in [-0.3, -0.25) is 0 Å². The first-order chi connectivity index (χ1) is 16.4. The van der Waals surface area contributed by atoms with Gasteiger partial charge in [0.2, 0.25) is 0 Å². The van der Waals surface area contributed by atoms with Crippen molar-refractivity contribution >= 4 is 17.0 Å². The van der Waals surface area contributed by atoms with Crippen molar-refractivity contribution in [3.05, 3.63) is 83.8 Å². The molecule has 0 saturated heterocycles. The summed E-state index contributed by atoms with van der Waals surface area (Å²) < 4.78 is 12.8. The number of fused-ring (bicyclic) bond motifs is 1. The Kier molecular flexibility index (Phi) is 5.33. The lowest BCUT2D eigenvalue weighted by molar-refractivity contribution is 0.0690. The van der Waals surface area contributed by atoms with Crippen LogP contribution in [0.2, 0.25) is 0 Å². The summed E-state index contributed by atoms with van der Waals surface area (Å²) in [5.74, 6) is 0.424. The maximum atomic E-state index is 11.5. The van der Waals surface area contributed by atoms with E-state index in [1.54, 1.807) is 19.2 Å². The minimum absolute atomic E-state index is 0.0129. The summed E-state index contributed by atoms with van der Waals surface area (Å²) in [7, 11) is 1.64. The first kappa shape index (κ1) is 21.4. The van der Waals surface area contributed by atoms with Crippen LogP contribution in [0.3, 0.4) is 0 Å². The molecule has 0 radical (unpaired) electrons. The van der Waals surface area contributed by atoms with Gasteiger partial charge in [0.15, 0.2) is 0 Å². The van der Waals surface area contributed by atoms with Gasteiger partial charge in [-0.1, -0.05) is 17.3 Å². The van der Waals surface area contributed by atoms with E-state index in [9.17, 15) is 9.90 Å². The highest BCUT2D eigenvalue weighted by Gasteiger charge is 2.18. The van der Waals surface area contributed by atoms with Crippen LogP contribution in [0.1, 0.15) is 27.5 Å². The summed E-state index contributed by atoms with van der Waals surface area (Å²) in [4.78, 5) is 20.3. The molecule has 4 heterocycles. The maximum Gasteiger partial charge on any atom is 0.354 e. The Morgan fingerprint density at radius 1 is 1.12 bits per heavy atom. The number of ether oxygens (including phenoxy) is 1. The molecule has 5 rings (SSSR count). The fourth-order valence-corrected chi connectivity index (χ4v) is 4.24. The highest BCUT2D eigenvalue weighted by Crippen LogP contribution is 2.35. The standard InChI is InChI=1S/C26H22N4O4/c1-15-24(16(2)34-29-15)19-10-21-22(18-7-8-27-23(11-18)26(31)32)14-30(25(21)28-12-19)13-17-5-4-6-20(9-17)33-3/h4-12,14H,13H2,1-3H3,(H,31,32). The molecule has 0 spiro atoms. The van der Waals surface area contributed by atoms with E-state index >= 15 is 0 Å². The van der Waals surface area contributed by atoms with Crippen LogP contribution in [0.5, 0.6) is 5.75 Å². The molecule has 8 heteroatoms. The molecule has 0 aliphatic rings. The molecule has 5 aromatic rings. The third-order valence-corrected chi connectivity index (χ3v) is 5.81. The van der Waals surface area contributed by atoms with Crippen molar-refractivity contribution in [3.63, 3.8) is 0 Å². The number of pyridine rings is 2. The zero-order valence-electron chi connectivity index (χ0n) is 18.9. The van der Waals surface area contributed by atoms with E-state index in [1.807, 2.05) is 56.6 Å². The van der Waals surface area contributed by atoms with E-state index in [2.05, 4.69) is 14.7 Å². The Hall–Kier alpha value is -4.46. The largest absolute Gasteiger partial charge is 0.497 e. The first-order valence-electron chi connectivity index (χ1n) is 10.7. The van der Waals surface area contributed by atoms with Crippen molar-refractivity contribution in [1.82, 2.24) is 19.7 Å². The van der Waals surface area contributed by atoms with Gasteiger partial charge in [0.1, 0.15) is 22.9 Å². The van der Waals surface area contributed by atoms with Crippen molar-refractivity contribution < 1.29 is 19.2 Å². The van der Waals surface area contributed by atoms with Crippen LogP contribution < -0.4 is 4.74 Å². The van der Waals surface area contributed by atoms with Crippen LogP contribution in [0, 0.1) is 13.8 Å². The highest BCUT2D eigenvalue weighted by molar-refractivity contribution is 5.97. The zero-order chi connectivity index (χ0) is 23.8. The second-order valence-corrected chi connectivity index (χ2v) is 8.05. The topological polar surface area (TPSA) is 103 Å². The minimum atomic E-state index is -1.07. The van der Waals surface area contributed by atoms with Gasteiger partial charge >= 0.3 is 5.97 Å². The second-order valence-electron chi connectivity index (χ2n) is 8.05.